The molecule has 0 atom stereocenters. The number of H-pyrrole nitrogens is 1. The minimum Gasteiger partial charge on any atom is -0.297 e. The van der Waals surface area contributed by atoms with Crippen LogP contribution in [-0.2, 0) is 0 Å². The van der Waals surface area contributed by atoms with Crippen LogP contribution in [0.3, 0.4) is 0 Å². The Kier molecular flexibility index (Phi) is 2.56. The molecule has 2 aromatic rings. The average molecular weight is 269 g/mol. The first kappa shape index (κ1) is 11.0. The number of rotatable bonds is 2. The molecule has 88 valence electrons. The summed E-state index contributed by atoms with van der Waals surface area (Å²) in [5, 5.41) is 3.48. The van der Waals surface area contributed by atoms with E-state index < -0.39 is 0 Å². The minimum atomic E-state index is -0.377. The van der Waals surface area contributed by atoms with Gasteiger partial charge in [0.15, 0.2) is 0 Å². The molecule has 1 N–H and O–H groups in total. The molecular weight excluding hydrogens is 259 g/mol. The summed E-state index contributed by atoms with van der Waals surface area (Å²) in [5.41, 5.74) is 1.36. The van der Waals surface area contributed by atoms with E-state index in [0.29, 0.717) is 21.3 Å². The molecule has 1 fully saturated rings. The third kappa shape index (κ3) is 1.91. The second-order valence-corrected chi connectivity index (χ2v) is 5.06. The first-order valence-corrected chi connectivity index (χ1v) is 6.22. The van der Waals surface area contributed by atoms with E-state index in [4.69, 9.17) is 23.8 Å². The topological polar surface area (TPSA) is 20.7 Å². The lowest BCUT2D eigenvalue weighted by Crippen LogP contribution is -2.01. The van der Waals surface area contributed by atoms with Crippen LogP contribution < -0.4 is 0 Å². The first-order valence-electron chi connectivity index (χ1n) is 5.43. The normalized spacial score (nSPS) is 15.2. The van der Waals surface area contributed by atoms with Gasteiger partial charge >= 0.3 is 0 Å². The maximum Gasteiger partial charge on any atom is 0.150 e. The molecule has 0 unspecified atom stereocenters. The van der Waals surface area contributed by atoms with Gasteiger partial charge in [0.2, 0.25) is 0 Å². The van der Waals surface area contributed by atoms with Gasteiger partial charge in [-0.2, -0.15) is 0 Å². The van der Waals surface area contributed by atoms with Crippen LogP contribution >= 0.6 is 23.8 Å². The summed E-state index contributed by atoms with van der Waals surface area (Å²) in [6.45, 7) is 0. The smallest absolute Gasteiger partial charge is 0.150 e. The zero-order valence-electron chi connectivity index (χ0n) is 8.91. The molecule has 0 spiro atoms. The lowest BCUT2D eigenvalue weighted by molar-refractivity contribution is 0.609. The molecule has 2 nitrogen and oxygen atoms in total. The summed E-state index contributed by atoms with van der Waals surface area (Å²) in [4.78, 5) is 0. The zero-order chi connectivity index (χ0) is 12.0. The molecule has 0 aliphatic heterocycles. The Morgan fingerprint density at radius 1 is 1.41 bits per heavy atom. The van der Waals surface area contributed by atoms with Crippen LogP contribution in [-0.4, -0.2) is 9.78 Å². The highest BCUT2D eigenvalue weighted by atomic mass is 35.5. The fourth-order valence-corrected chi connectivity index (χ4v) is 2.40. The molecule has 0 saturated heterocycles. The predicted molar refractivity (Wildman–Crippen MR) is 67.9 cm³/mol. The molecule has 17 heavy (non-hydrogen) atoms. The van der Waals surface area contributed by atoms with Crippen molar-refractivity contribution in [2.75, 3.05) is 0 Å². The Bertz CT molecular complexity index is 607. The predicted octanol–water partition coefficient (Wildman–Crippen LogP) is 4.20. The number of benzene rings is 1. The van der Waals surface area contributed by atoms with Crippen molar-refractivity contribution < 1.29 is 4.39 Å². The van der Waals surface area contributed by atoms with Crippen LogP contribution in [0.4, 0.5) is 4.39 Å². The van der Waals surface area contributed by atoms with E-state index >= 15 is 0 Å². The fraction of sp³-hybridized carbons (Fsp3) is 0.250. The molecule has 3 rings (SSSR count). The lowest BCUT2D eigenvalue weighted by atomic mass is 10.3. The van der Waals surface area contributed by atoms with Gasteiger partial charge in [-0.3, -0.25) is 5.10 Å². The molecule has 1 aliphatic rings. The van der Waals surface area contributed by atoms with Gasteiger partial charge in [0, 0.05) is 11.6 Å². The van der Waals surface area contributed by atoms with Crippen molar-refractivity contribution in [3.05, 3.63) is 45.4 Å². The van der Waals surface area contributed by atoms with E-state index in [-0.39, 0.29) is 5.82 Å². The van der Waals surface area contributed by atoms with Gasteiger partial charge in [0.1, 0.15) is 16.1 Å². The molecule has 0 amide bonds. The maximum absolute atomic E-state index is 13.8. The summed E-state index contributed by atoms with van der Waals surface area (Å²) >= 11 is 11.2. The SMILES string of the molecule is Fc1cccc(Cl)c1-n1[nH]c(C2CC2)cc1=S. The number of nitrogens with zero attached hydrogens (tertiary/aromatic N) is 1. The van der Waals surface area contributed by atoms with Gasteiger partial charge in [0.05, 0.1) is 5.02 Å². The molecule has 1 aromatic heterocycles. The summed E-state index contributed by atoms with van der Waals surface area (Å²) in [6.07, 6.45) is 2.33. The second-order valence-electron chi connectivity index (χ2n) is 4.23. The number of nitrogens with one attached hydrogen (secondary N) is 1. The van der Waals surface area contributed by atoms with E-state index in [1.165, 1.54) is 18.9 Å². The molecule has 0 bridgehead atoms. The highest BCUT2D eigenvalue weighted by Gasteiger charge is 2.26. The number of para-hydroxylation sites is 1. The van der Waals surface area contributed by atoms with E-state index in [1.54, 1.807) is 16.8 Å². The van der Waals surface area contributed by atoms with Gasteiger partial charge in [-0.15, -0.1) is 0 Å². The monoisotopic (exact) mass is 268 g/mol. The van der Waals surface area contributed by atoms with E-state index in [1.807, 2.05) is 6.07 Å². The van der Waals surface area contributed by atoms with Crippen molar-refractivity contribution in [2.45, 2.75) is 18.8 Å². The highest BCUT2D eigenvalue weighted by Crippen LogP contribution is 2.39. The quantitative estimate of drug-likeness (QED) is 0.810. The first-order chi connectivity index (χ1) is 8.16. The third-order valence-electron chi connectivity index (χ3n) is 2.92. The van der Waals surface area contributed by atoms with Crippen LogP contribution in [0, 0.1) is 10.5 Å². The molecule has 1 saturated carbocycles. The Morgan fingerprint density at radius 3 is 2.82 bits per heavy atom. The fourth-order valence-electron chi connectivity index (χ4n) is 1.89. The second kappa shape index (κ2) is 3.96. The van der Waals surface area contributed by atoms with Gasteiger partial charge in [-0.1, -0.05) is 29.9 Å². The number of hydrogen-bond donors (Lipinski definition) is 1. The standard InChI is InChI=1S/C12H10ClFN2S/c13-8-2-1-3-9(14)12(8)16-11(17)6-10(15-16)7-4-5-7/h1-3,6-7,15H,4-5H2. The van der Waals surface area contributed by atoms with Crippen molar-refractivity contribution in [1.82, 2.24) is 9.78 Å². The molecule has 1 aromatic carbocycles. The molecular formula is C12H10ClFN2S. The van der Waals surface area contributed by atoms with Gasteiger partial charge in [0.25, 0.3) is 0 Å². The summed E-state index contributed by atoms with van der Waals surface area (Å²) in [6, 6.07) is 6.49. The Labute approximate surface area is 108 Å². The van der Waals surface area contributed by atoms with Crippen LogP contribution in [0.2, 0.25) is 5.02 Å². The van der Waals surface area contributed by atoms with Crippen molar-refractivity contribution >= 4 is 23.8 Å². The van der Waals surface area contributed by atoms with Crippen LogP contribution in [0.15, 0.2) is 24.3 Å². The molecule has 5 heteroatoms. The zero-order valence-corrected chi connectivity index (χ0v) is 10.5. The van der Waals surface area contributed by atoms with Gasteiger partial charge in [-0.05, 0) is 31.0 Å². The van der Waals surface area contributed by atoms with Crippen molar-refractivity contribution in [2.24, 2.45) is 0 Å². The summed E-state index contributed by atoms with van der Waals surface area (Å²) in [5.74, 6) is 0.168. The van der Waals surface area contributed by atoms with E-state index in [9.17, 15) is 4.39 Å². The van der Waals surface area contributed by atoms with Crippen molar-refractivity contribution in [3.63, 3.8) is 0 Å². The van der Waals surface area contributed by atoms with E-state index in [2.05, 4.69) is 5.10 Å². The van der Waals surface area contributed by atoms with Crippen LogP contribution in [0.1, 0.15) is 24.5 Å². The van der Waals surface area contributed by atoms with Crippen LogP contribution in [0.5, 0.6) is 0 Å². The van der Waals surface area contributed by atoms with E-state index in [0.717, 1.165) is 5.69 Å². The third-order valence-corrected chi connectivity index (χ3v) is 3.52. The maximum atomic E-state index is 13.8. The Morgan fingerprint density at radius 2 is 2.18 bits per heavy atom. The highest BCUT2D eigenvalue weighted by molar-refractivity contribution is 7.71. The van der Waals surface area contributed by atoms with Gasteiger partial charge < -0.3 is 0 Å². The number of aromatic amines is 1. The van der Waals surface area contributed by atoms with Gasteiger partial charge in [-0.25, -0.2) is 9.07 Å². The number of aromatic nitrogens is 2. The number of hydrogen-bond acceptors (Lipinski definition) is 1. The minimum absolute atomic E-state index is 0.297. The van der Waals surface area contributed by atoms with Crippen molar-refractivity contribution in [3.8, 4) is 5.69 Å². The average Bonchev–Trinajstić information content (AvgIpc) is 3.05. The molecule has 1 aliphatic carbocycles. The Hall–Kier alpha value is -1.13. The molecule has 0 radical (unpaired) electrons. The summed E-state index contributed by atoms with van der Waals surface area (Å²) in [7, 11) is 0. The van der Waals surface area contributed by atoms with Crippen LogP contribution in [0.25, 0.3) is 5.69 Å². The number of halogens is 2. The largest absolute Gasteiger partial charge is 0.297 e. The lowest BCUT2D eigenvalue weighted by Gasteiger charge is -2.06. The summed E-state index contributed by atoms with van der Waals surface area (Å²) < 4.78 is 15.9. The van der Waals surface area contributed by atoms with Crippen molar-refractivity contribution in [1.29, 1.82) is 0 Å². The Balaban J connectivity index is 2.17. The molecule has 1 heterocycles.